The van der Waals surface area contributed by atoms with Crippen molar-refractivity contribution in [1.29, 1.82) is 0 Å². The lowest BCUT2D eigenvalue weighted by Gasteiger charge is -2.04. The Morgan fingerprint density at radius 3 is 2.56 bits per heavy atom. The average Bonchev–Trinajstić information content (AvgIpc) is 2.35. The van der Waals surface area contributed by atoms with Crippen LogP contribution in [0.3, 0.4) is 0 Å². The van der Waals surface area contributed by atoms with Gasteiger partial charge in [0.1, 0.15) is 5.75 Å². The van der Waals surface area contributed by atoms with Crippen molar-refractivity contribution in [3.8, 4) is 5.75 Å². The maximum atomic E-state index is 8.77. The summed E-state index contributed by atoms with van der Waals surface area (Å²) < 4.78 is 10.5. The molecule has 0 amide bonds. The van der Waals surface area contributed by atoms with Crippen LogP contribution in [0, 0.1) is 0 Å². The van der Waals surface area contributed by atoms with Gasteiger partial charge in [0.25, 0.3) is 0 Å². The van der Waals surface area contributed by atoms with Gasteiger partial charge < -0.3 is 14.6 Å². The molecule has 1 N–H and O–H groups in total. The standard InChI is InChI=1S/C13H18O3/c1-11(9-14)7-8-16-10-12-3-5-13(15-2)6-4-12/h3-7,14H,8-10H2,1-2H3. The van der Waals surface area contributed by atoms with Crippen molar-refractivity contribution in [2.75, 3.05) is 20.3 Å². The summed E-state index contributed by atoms with van der Waals surface area (Å²) in [6, 6.07) is 7.77. The van der Waals surface area contributed by atoms with Crippen LogP contribution in [-0.2, 0) is 11.3 Å². The van der Waals surface area contributed by atoms with Crippen LogP contribution >= 0.6 is 0 Å². The van der Waals surface area contributed by atoms with Crippen LogP contribution in [0.1, 0.15) is 12.5 Å². The van der Waals surface area contributed by atoms with Crippen LogP contribution in [0.5, 0.6) is 5.75 Å². The van der Waals surface area contributed by atoms with Gasteiger partial charge in [0.05, 0.1) is 26.9 Å². The van der Waals surface area contributed by atoms with Crippen molar-refractivity contribution in [3.63, 3.8) is 0 Å². The fraction of sp³-hybridized carbons (Fsp3) is 0.385. The molecular weight excluding hydrogens is 204 g/mol. The number of rotatable bonds is 6. The van der Waals surface area contributed by atoms with E-state index in [4.69, 9.17) is 14.6 Å². The Balaban J connectivity index is 2.32. The molecular formula is C13H18O3. The van der Waals surface area contributed by atoms with E-state index in [1.807, 2.05) is 37.3 Å². The van der Waals surface area contributed by atoms with E-state index in [0.29, 0.717) is 13.2 Å². The van der Waals surface area contributed by atoms with Gasteiger partial charge in [-0.1, -0.05) is 18.2 Å². The summed E-state index contributed by atoms with van der Waals surface area (Å²) in [6.45, 7) is 3.06. The lowest BCUT2D eigenvalue weighted by Crippen LogP contribution is -1.95. The zero-order valence-corrected chi connectivity index (χ0v) is 9.77. The predicted molar refractivity (Wildman–Crippen MR) is 63.5 cm³/mol. The second kappa shape index (κ2) is 7.04. The van der Waals surface area contributed by atoms with Crippen molar-refractivity contribution in [2.24, 2.45) is 0 Å². The van der Waals surface area contributed by atoms with E-state index in [0.717, 1.165) is 16.9 Å². The quantitative estimate of drug-likeness (QED) is 0.592. The largest absolute Gasteiger partial charge is 0.497 e. The van der Waals surface area contributed by atoms with Gasteiger partial charge in [-0.2, -0.15) is 0 Å². The van der Waals surface area contributed by atoms with E-state index in [1.54, 1.807) is 7.11 Å². The normalized spacial score (nSPS) is 11.6. The average molecular weight is 222 g/mol. The molecule has 0 fully saturated rings. The monoisotopic (exact) mass is 222 g/mol. The van der Waals surface area contributed by atoms with Crippen LogP contribution < -0.4 is 4.74 Å². The Morgan fingerprint density at radius 1 is 1.31 bits per heavy atom. The molecule has 0 atom stereocenters. The van der Waals surface area contributed by atoms with Crippen molar-refractivity contribution in [1.82, 2.24) is 0 Å². The number of aliphatic hydroxyl groups excluding tert-OH is 1. The van der Waals surface area contributed by atoms with Crippen molar-refractivity contribution in [3.05, 3.63) is 41.5 Å². The Bertz CT molecular complexity index is 328. The van der Waals surface area contributed by atoms with E-state index < -0.39 is 0 Å². The fourth-order valence-corrected chi connectivity index (χ4v) is 1.16. The molecule has 3 nitrogen and oxygen atoms in total. The van der Waals surface area contributed by atoms with Crippen LogP contribution in [0.15, 0.2) is 35.9 Å². The molecule has 1 aromatic carbocycles. The minimum atomic E-state index is 0.0892. The number of ether oxygens (including phenoxy) is 2. The topological polar surface area (TPSA) is 38.7 Å². The molecule has 0 saturated heterocycles. The zero-order chi connectivity index (χ0) is 11.8. The number of benzene rings is 1. The third kappa shape index (κ3) is 4.47. The Kier molecular flexibility index (Phi) is 5.61. The van der Waals surface area contributed by atoms with Gasteiger partial charge in [0.15, 0.2) is 0 Å². The van der Waals surface area contributed by atoms with Gasteiger partial charge in [-0.25, -0.2) is 0 Å². The summed E-state index contributed by atoms with van der Waals surface area (Å²) >= 11 is 0. The number of methoxy groups -OCH3 is 1. The molecule has 0 unspecified atom stereocenters. The lowest BCUT2D eigenvalue weighted by molar-refractivity contribution is 0.147. The highest BCUT2D eigenvalue weighted by atomic mass is 16.5. The molecule has 0 aliphatic carbocycles. The molecule has 0 aliphatic rings. The van der Waals surface area contributed by atoms with E-state index in [9.17, 15) is 0 Å². The molecule has 0 radical (unpaired) electrons. The van der Waals surface area contributed by atoms with Crippen molar-refractivity contribution in [2.45, 2.75) is 13.5 Å². The Labute approximate surface area is 96.3 Å². The molecule has 0 spiro atoms. The van der Waals surface area contributed by atoms with E-state index in [1.165, 1.54) is 0 Å². The smallest absolute Gasteiger partial charge is 0.118 e. The number of hydrogen-bond acceptors (Lipinski definition) is 3. The van der Waals surface area contributed by atoms with E-state index in [2.05, 4.69) is 0 Å². The molecule has 16 heavy (non-hydrogen) atoms. The van der Waals surface area contributed by atoms with Gasteiger partial charge in [0.2, 0.25) is 0 Å². The first-order valence-corrected chi connectivity index (χ1v) is 5.23. The SMILES string of the molecule is COc1ccc(COCC=C(C)CO)cc1. The third-order valence-electron chi connectivity index (χ3n) is 2.23. The van der Waals surface area contributed by atoms with Gasteiger partial charge in [-0.15, -0.1) is 0 Å². The zero-order valence-electron chi connectivity index (χ0n) is 9.77. The summed E-state index contributed by atoms with van der Waals surface area (Å²) in [5, 5.41) is 8.77. The molecule has 0 bridgehead atoms. The summed E-state index contributed by atoms with van der Waals surface area (Å²) in [7, 11) is 1.65. The van der Waals surface area contributed by atoms with Gasteiger partial charge in [-0.05, 0) is 30.2 Å². The second-order valence-corrected chi connectivity index (χ2v) is 3.57. The Hall–Kier alpha value is -1.32. The summed E-state index contributed by atoms with van der Waals surface area (Å²) in [4.78, 5) is 0. The van der Waals surface area contributed by atoms with E-state index >= 15 is 0 Å². The second-order valence-electron chi connectivity index (χ2n) is 3.57. The first-order valence-electron chi connectivity index (χ1n) is 5.23. The van der Waals surface area contributed by atoms with Crippen LogP contribution in [-0.4, -0.2) is 25.4 Å². The van der Waals surface area contributed by atoms with Crippen LogP contribution in [0.25, 0.3) is 0 Å². The van der Waals surface area contributed by atoms with Crippen molar-refractivity contribution < 1.29 is 14.6 Å². The molecule has 88 valence electrons. The lowest BCUT2D eigenvalue weighted by atomic mass is 10.2. The highest BCUT2D eigenvalue weighted by Gasteiger charge is 1.94. The highest BCUT2D eigenvalue weighted by molar-refractivity contribution is 5.26. The highest BCUT2D eigenvalue weighted by Crippen LogP contribution is 2.11. The summed E-state index contributed by atoms with van der Waals surface area (Å²) in [6.07, 6.45) is 1.88. The minimum Gasteiger partial charge on any atom is -0.497 e. The van der Waals surface area contributed by atoms with Crippen molar-refractivity contribution >= 4 is 0 Å². The maximum Gasteiger partial charge on any atom is 0.118 e. The summed E-state index contributed by atoms with van der Waals surface area (Å²) in [5.74, 6) is 0.847. The molecule has 0 saturated carbocycles. The predicted octanol–water partition coefficient (Wildman–Crippen LogP) is 2.15. The molecule has 0 aliphatic heterocycles. The summed E-state index contributed by atoms with van der Waals surface area (Å²) in [5.41, 5.74) is 2.03. The van der Waals surface area contributed by atoms with Crippen LogP contribution in [0.4, 0.5) is 0 Å². The molecule has 1 aromatic rings. The number of hydrogen-bond donors (Lipinski definition) is 1. The van der Waals surface area contributed by atoms with Gasteiger partial charge in [-0.3, -0.25) is 0 Å². The molecule has 3 heteroatoms. The minimum absolute atomic E-state index is 0.0892. The first-order chi connectivity index (χ1) is 7.76. The van der Waals surface area contributed by atoms with Gasteiger partial charge >= 0.3 is 0 Å². The first kappa shape index (κ1) is 12.7. The number of aliphatic hydroxyl groups is 1. The molecule has 0 aromatic heterocycles. The van der Waals surface area contributed by atoms with Crippen LogP contribution in [0.2, 0.25) is 0 Å². The fourth-order valence-electron chi connectivity index (χ4n) is 1.16. The Morgan fingerprint density at radius 2 is 2.00 bits per heavy atom. The molecule has 1 rings (SSSR count). The van der Waals surface area contributed by atoms with E-state index in [-0.39, 0.29) is 6.61 Å². The molecule has 0 heterocycles. The van der Waals surface area contributed by atoms with Gasteiger partial charge in [0, 0.05) is 0 Å². The maximum absolute atomic E-state index is 8.77. The third-order valence-corrected chi connectivity index (χ3v) is 2.23.